The van der Waals surface area contributed by atoms with Crippen LogP contribution in [0.3, 0.4) is 0 Å². The summed E-state index contributed by atoms with van der Waals surface area (Å²) in [5.74, 6) is -0.896. The van der Waals surface area contributed by atoms with Crippen LogP contribution < -0.4 is 0 Å². The highest BCUT2D eigenvalue weighted by molar-refractivity contribution is 5.90. The Morgan fingerprint density at radius 1 is 1.00 bits per heavy atom. The maximum atomic E-state index is 12.8. The number of carbonyl (C=O) groups excluding carboxylic acids is 1. The molecule has 2 rings (SSSR count). The molecule has 0 saturated carbocycles. The average molecular weight is 282 g/mol. The minimum absolute atomic E-state index is 0.0238. The molecule has 1 atom stereocenters. The van der Waals surface area contributed by atoms with Crippen LogP contribution in [-0.4, -0.2) is 58.0 Å². The molecule has 5 heteroatoms. The van der Waals surface area contributed by atoms with E-state index in [0.29, 0.717) is 13.0 Å². The Labute approximate surface area is 120 Å². The van der Waals surface area contributed by atoms with E-state index in [2.05, 4.69) is 4.90 Å². The molecule has 5 nitrogen and oxygen atoms in total. The Morgan fingerprint density at radius 3 is 2.15 bits per heavy atom. The van der Waals surface area contributed by atoms with Gasteiger partial charge in [0.15, 0.2) is 0 Å². The van der Waals surface area contributed by atoms with Crippen LogP contribution in [0.4, 0.5) is 0 Å². The molecule has 0 spiro atoms. The SMILES string of the molecule is CC(C)(C(=O)N1CCCC1C(=O)O)N1CCCCCC1. The van der Waals surface area contributed by atoms with Crippen LogP contribution in [-0.2, 0) is 9.59 Å². The molecular formula is C15H26N2O3. The molecular weight excluding hydrogens is 256 g/mol. The zero-order valence-corrected chi connectivity index (χ0v) is 12.6. The van der Waals surface area contributed by atoms with Gasteiger partial charge in [-0.1, -0.05) is 12.8 Å². The molecule has 2 heterocycles. The van der Waals surface area contributed by atoms with Crippen LogP contribution in [0.15, 0.2) is 0 Å². The minimum Gasteiger partial charge on any atom is -0.480 e. The van der Waals surface area contributed by atoms with Crippen LogP contribution in [0.1, 0.15) is 52.4 Å². The second-order valence-corrected chi connectivity index (χ2v) is 6.46. The molecule has 1 amide bonds. The van der Waals surface area contributed by atoms with E-state index in [0.717, 1.165) is 32.4 Å². The Kier molecular flexibility index (Phi) is 4.68. The zero-order valence-electron chi connectivity index (χ0n) is 12.6. The fourth-order valence-electron chi connectivity index (χ4n) is 3.38. The summed E-state index contributed by atoms with van der Waals surface area (Å²) in [4.78, 5) is 27.9. The highest BCUT2D eigenvalue weighted by Crippen LogP contribution is 2.27. The summed E-state index contributed by atoms with van der Waals surface area (Å²) in [6.07, 6.45) is 6.07. The number of hydrogen-bond donors (Lipinski definition) is 1. The van der Waals surface area contributed by atoms with Crippen molar-refractivity contribution in [3.05, 3.63) is 0 Å². The van der Waals surface area contributed by atoms with Crippen molar-refractivity contribution in [2.75, 3.05) is 19.6 Å². The highest BCUT2D eigenvalue weighted by atomic mass is 16.4. The van der Waals surface area contributed by atoms with Gasteiger partial charge in [0.1, 0.15) is 6.04 Å². The average Bonchev–Trinajstić information content (AvgIpc) is 2.72. The Morgan fingerprint density at radius 2 is 1.60 bits per heavy atom. The molecule has 2 saturated heterocycles. The highest BCUT2D eigenvalue weighted by Gasteiger charge is 2.43. The molecule has 2 fully saturated rings. The van der Waals surface area contributed by atoms with Crippen molar-refractivity contribution in [3.8, 4) is 0 Å². The maximum absolute atomic E-state index is 12.8. The fraction of sp³-hybridized carbons (Fsp3) is 0.867. The number of carboxylic acid groups (broad SMARTS) is 1. The van der Waals surface area contributed by atoms with E-state index in [1.165, 1.54) is 12.8 Å². The van der Waals surface area contributed by atoms with Crippen molar-refractivity contribution in [3.63, 3.8) is 0 Å². The van der Waals surface area contributed by atoms with E-state index < -0.39 is 17.6 Å². The van der Waals surface area contributed by atoms with Crippen molar-refractivity contribution >= 4 is 11.9 Å². The van der Waals surface area contributed by atoms with E-state index in [4.69, 9.17) is 0 Å². The van der Waals surface area contributed by atoms with E-state index >= 15 is 0 Å². The number of hydrogen-bond acceptors (Lipinski definition) is 3. The summed E-state index contributed by atoms with van der Waals surface area (Å²) < 4.78 is 0. The lowest BCUT2D eigenvalue weighted by Crippen LogP contribution is -2.58. The monoisotopic (exact) mass is 282 g/mol. The number of aliphatic carboxylic acids is 1. The predicted octanol–water partition coefficient (Wildman–Crippen LogP) is 1.72. The van der Waals surface area contributed by atoms with Gasteiger partial charge in [-0.2, -0.15) is 0 Å². The first kappa shape index (κ1) is 15.3. The summed E-state index contributed by atoms with van der Waals surface area (Å²) in [7, 11) is 0. The first-order valence-corrected chi connectivity index (χ1v) is 7.73. The summed E-state index contributed by atoms with van der Waals surface area (Å²) in [5, 5.41) is 9.25. The third-order valence-corrected chi connectivity index (χ3v) is 4.72. The van der Waals surface area contributed by atoms with E-state index in [-0.39, 0.29) is 5.91 Å². The van der Waals surface area contributed by atoms with Crippen LogP contribution in [0.2, 0.25) is 0 Å². The molecule has 0 aromatic rings. The molecule has 2 aliphatic rings. The van der Waals surface area contributed by atoms with E-state index in [1.54, 1.807) is 4.90 Å². The quantitative estimate of drug-likeness (QED) is 0.856. The van der Waals surface area contributed by atoms with Gasteiger partial charge in [0, 0.05) is 6.54 Å². The van der Waals surface area contributed by atoms with Crippen molar-refractivity contribution < 1.29 is 14.7 Å². The third-order valence-electron chi connectivity index (χ3n) is 4.72. The standard InChI is InChI=1S/C15H26N2O3/c1-15(2,16-9-5-3-4-6-10-16)14(20)17-11-7-8-12(17)13(18)19/h12H,3-11H2,1-2H3,(H,18,19). The molecule has 20 heavy (non-hydrogen) atoms. The molecule has 1 N–H and O–H groups in total. The van der Waals surface area contributed by atoms with Crippen LogP contribution in [0, 0.1) is 0 Å². The van der Waals surface area contributed by atoms with Gasteiger partial charge in [-0.05, 0) is 52.6 Å². The van der Waals surface area contributed by atoms with Crippen LogP contribution in [0.5, 0.6) is 0 Å². The van der Waals surface area contributed by atoms with Gasteiger partial charge in [0.2, 0.25) is 5.91 Å². The predicted molar refractivity (Wildman–Crippen MR) is 76.5 cm³/mol. The normalized spacial score (nSPS) is 25.5. The Hall–Kier alpha value is -1.10. The molecule has 0 aromatic heterocycles. The molecule has 114 valence electrons. The van der Waals surface area contributed by atoms with Gasteiger partial charge >= 0.3 is 5.97 Å². The lowest BCUT2D eigenvalue weighted by molar-refractivity contribution is -0.153. The zero-order chi connectivity index (χ0) is 14.8. The Bertz CT molecular complexity index is 373. The third kappa shape index (κ3) is 2.97. The van der Waals surface area contributed by atoms with Crippen LogP contribution in [0.25, 0.3) is 0 Å². The second-order valence-electron chi connectivity index (χ2n) is 6.46. The summed E-state index contributed by atoms with van der Waals surface area (Å²) in [6, 6.07) is -0.631. The number of carboxylic acids is 1. The van der Waals surface area contributed by atoms with Crippen molar-refractivity contribution in [2.24, 2.45) is 0 Å². The Balaban J connectivity index is 2.11. The van der Waals surface area contributed by atoms with Crippen molar-refractivity contribution in [1.82, 2.24) is 9.80 Å². The molecule has 0 radical (unpaired) electrons. The summed E-state index contributed by atoms with van der Waals surface area (Å²) >= 11 is 0. The van der Waals surface area contributed by atoms with Crippen molar-refractivity contribution in [1.29, 1.82) is 0 Å². The number of rotatable bonds is 3. The van der Waals surface area contributed by atoms with Gasteiger partial charge in [-0.3, -0.25) is 9.69 Å². The number of carbonyl (C=O) groups is 2. The summed E-state index contributed by atoms with van der Waals surface area (Å²) in [6.45, 7) is 6.33. The van der Waals surface area contributed by atoms with E-state index in [1.807, 2.05) is 13.8 Å². The lowest BCUT2D eigenvalue weighted by atomic mass is 9.99. The summed E-state index contributed by atoms with van der Waals surface area (Å²) in [5.41, 5.74) is -0.595. The second kappa shape index (κ2) is 6.12. The van der Waals surface area contributed by atoms with Gasteiger partial charge in [0.25, 0.3) is 0 Å². The van der Waals surface area contributed by atoms with Gasteiger partial charge in [0.05, 0.1) is 5.54 Å². The molecule has 0 aliphatic carbocycles. The van der Waals surface area contributed by atoms with Gasteiger partial charge in [-0.15, -0.1) is 0 Å². The molecule has 2 aliphatic heterocycles. The van der Waals surface area contributed by atoms with Crippen molar-refractivity contribution in [2.45, 2.75) is 64.0 Å². The largest absolute Gasteiger partial charge is 0.480 e. The minimum atomic E-state index is -0.873. The fourth-order valence-corrected chi connectivity index (χ4v) is 3.38. The first-order valence-electron chi connectivity index (χ1n) is 7.73. The number of amides is 1. The molecule has 0 aromatic carbocycles. The number of nitrogens with zero attached hydrogens (tertiary/aromatic N) is 2. The van der Waals surface area contributed by atoms with Crippen LogP contribution >= 0.6 is 0 Å². The molecule has 1 unspecified atom stereocenters. The smallest absolute Gasteiger partial charge is 0.326 e. The van der Waals surface area contributed by atoms with Gasteiger partial charge < -0.3 is 10.0 Å². The number of likely N-dealkylation sites (tertiary alicyclic amines) is 2. The first-order chi connectivity index (χ1) is 9.44. The lowest BCUT2D eigenvalue weighted by Gasteiger charge is -2.40. The van der Waals surface area contributed by atoms with E-state index in [9.17, 15) is 14.7 Å². The topological polar surface area (TPSA) is 60.9 Å². The maximum Gasteiger partial charge on any atom is 0.326 e. The molecule has 0 bridgehead atoms. The van der Waals surface area contributed by atoms with Gasteiger partial charge in [-0.25, -0.2) is 4.79 Å².